The van der Waals surface area contributed by atoms with Crippen LogP contribution in [0.4, 0.5) is 0 Å². The molecule has 1 amide bonds. The third-order valence-corrected chi connectivity index (χ3v) is 6.29. The minimum atomic E-state index is -0.199. The van der Waals surface area contributed by atoms with Gasteiger partial charge < -0.3 is 9.64 Å². The van der Waals surface area contributed by atoms with Crippen LogP contribution in [-0.2, 0) is 14.9 Å². The van der Waals surface area contributed by atoms with Gasteiger partial charge in [0.2, 0.25) is 0 Å². The number of ether oxygens (including phenoxy) is 1. The highest BCUT2D eigenvalue weighted by Gasteiger charge is 2.51. The van der Waals surface area contributed by atoms with Crippen molar-refractivity contribution in [1.29, 1.82) is 0 Å². The van der Waals surface area contributed by atoms with Crippen molar-refractivity contribution in [2.45, 2.75) is 30.8 Å². The highest BCUT2D eigenvalue weighted by atomic mass is 16.5. The Kier molecular flexibility index (Phi) is 4.65. The summed E-state index contributed by atoms with van der Waals surface area (Å²) in [5, 5.41) is 0. The van der Waals surface area contributed by atoms with Crippen molar-refractivity contribution < 1.29 is 9.53 Å². The molecule has 3 atom stereocenters. The first-order chi connectivity index (χ1) is 12.2. The number of likely N-dealkylation sites (tertiary alicyclic amines) is 2. The fourth-order valence-corrected chi connectivity index (χ4v) is 5.03. The lowest BCUT2D eigenvalue weighted by Gasteiger charge is -2.44. The zero-order chi connectivity index (χ0) is 17.3. The molecule has 0 aliphatic carbocycles. The minimum Gasteiger partial charge on any atom is -0.368 e. The summed E-state index contributed by atoms with van der Waals surface area (Å²) in [7, 11) is 0. The molecule has 4 rings (SSSR count). The van der Waals surface area contributed by atoms with Crippen LogP contribution in [0.2, 0.25) is 0 Å². The van der Waals surface area contributed by atoms with E-state index in [-0.39, 0.29) is 17.4 Å². The second kappa shape index (κ2) is 6.93. The van der Waals surface area contributed by atoms with E-state index in [1.807, 2.05) is 6.08 Å². The highest BCUT2D eigenvalue weighted by Crippen LogP contribution is 2.45. The number of amides is 1. The molecule has 0 unspecified atom stereocenters. The molecule has 3 fully saturated rings. The molecule has 0 bridgehead atoms. The molecule has 25 heavy (non-hydrogen) atoms. The van der Waals surface area contributed by atoms with Crippen molar-refractivity contribution in [3.05, 3.63) is 48.6 Å². The topological polar surface area (TPSA) is 32.8 Å². The van der Waals surface area contributed by atoms with E-state index in [0.717, 1.165) is 58.6 Å². The molecule has 0 spiro atoms. The van der Waals surface area contributed by atoms with Crippen LogP contribution < -0.4 is 0 Å². The minimum absolute atomic E-state index is 0.164. The Morgan fingerprint density at radius 1 is 1.32 bits per heavy atom. The van der Waals surface area contributed by atoms with Crippen molar-refractivity contribution in [1.82, 2.24) is 9.80 Å². The molecule has 1 aromatic rings. The second-order valence-electron chi connectivity index (χ2n) is 7.74. The first-order valence-electron chi connectivity index (χ1n) is 9.52. The van der Waals surface area contributed by atoms with Gasteiger partial charge in [-0.3, -0.25) is 9.69 Å². The van der Waals surface area contributed by atoms with Crippen LogP contribution in [0.25, 0.3) is 0 Å². The molecule has 3 heterocycles. The number of hydrogen-bond acceptors (Lipinski definition) is 3. The van der Waals surface area contributed by atoms with Gasteiger partial charge in [-0.25, -0.2) is 0 Å². The molecule has 0 radical (unpaired) electrons. The second-order valence-corrected chi connectivity index (χ2v) is 7.74. The van der Waals surface area contributed by atoms with Crippen molar-refractivity contribution in [3.63, 3.8) is 0 Å². The van der Waals surface area contributed by atoms with Crippen LogP contribution in [0, 0.1) is 5.92 Å². The zero-order valence-electron chi connectivity index (χ0n) is 14.9. The third kappa shape index (κ3) is 3.02. The maximum atomic E-state index is 12.8. The predicted molar refractivity (Wildman–Crippen MR) is 98.4 cm³/mol. The lowest BCUT2D eigenvalue weighted by Crippen LogP contribution is -2.53. The van der Waals surface area contributed by atoms with Gasteiger partial charge >= 0.3 is 0 Å². The SMILES string of the molecule is C=CCN1C[C@@H]2CN(C(=O)[C@H]3CCCO3)CC[C@@]2(c2ccccc2)C1. The van der Waals surface area contributed by atoms with Crippen LogP contribution in [0.5, 0.6) is 0 Å². The van der Waals surface area contributed by atoms with E-state index in [4.69, 9.17) is 4.74 Å². The normalized spacial score (nSPS) is 32.6. The Morgan fingerprint density at radius 3 is 2.88 bits per heavy atom. The average molecular weight is 340 g/mol. The van der Waals surface area contributed by atoms with Crippen molar-refractivity contribution in [2.75, 3.05) is 39.3 Å². The molecule has 1 aromatic carbocycles. The van der Waals surface area contributed by atoms with Gasteiger partial charge in [-0.05, 0) is 24.8 Å². The Morgan fingerprint density at radius 2 is 2.16 bits per heavy atom. The summed E-state index contributed by atoms with van der Waals surface area (Å²) >= 11 is 0. The van der Waals surface area contributed by atoms with Gasteiger partial charge in [0, 0.05) is 50.7 Å². The van der Waals surface area contributed by atoms with Gasteiger partial charge in [0.1, 0.15) is 6.10 Å². The van der Waals surface area contributed by atoms with Crippen LogP contribution in [0.3, 0.4) is 0 Å². The lowest BCUT2D eigenvalue weighted by molar-refractivity contribution is -0.143. The molecule has 0 saturated carbocycles. The first kappa shape index (κ1) is 16.8. The van der Waals surface area contributed by atoms with Gasteiger partial charge in [0.05, 0.1) is 0 Å². The molecule has 0 aromatic heterocycles. The van der Waals surface area contributed by atoms with E-state index in [9.17, 15) is 4.79 Å². The van der Waals surface area contributed by atoms with Crippen molar-refractivity contribution >= 4 is 5.91 Å². The number of carbonyl (C=O) groups excluding carboxylic acids is 1. The van der Waals surface area contributed by atoms with Crippen LogP contribution in [-0.4, -0.2) is 61.1 Å². The lowest BCUT2D eigenvalue weighted by atomic mass is 9.68. The maximum absolute atomic E-state index is 12.8. The quantitative estimate of drug-likeness (QED) is 0.790. The van der Waals surface area contributed by atoms with Gasteiger partial charge in [-0.1, -0.05) is 36.4 Å². The molecule has 4 nitrogen and oxygen atoms in total. The van der Waals surface area contributed by atoms with Crippen molar-refractivity contribution in [2.24, 2.45) is 5.92 Å². The number of hydrogen-bond donors (Lipinski definition) is 0. The van der Waals surface area contributed by atoms with Crippen LogP contribution in [0.15, 0.2) is 43.0 Å². The maximum Gasteiger partial charge on any atom is 0.251 e. The van der Waals surface area contributed by atoms with E-state index in [0.29, 0.717) is 5.92 Å². The molecule has 0 N–H and O–H groups in total. The number of carbonyl (C=O) groups is 1. The Balaban J connectivity index is 1.56. The summed E-state index contributed by atoms with van der Waals surface area (Å²) in [4.78, 5) is 17.4. The van der Waals surface area contributed by atoms with E-state index in [2.05, 4.69) is 46.7 Å². The molecular formula is C21H28N2O2. The average Bonchev–Trinajstić information content (AvgIpc) is 3.29. The summed E-state index contributed by atoms with van der Waals surface area (Å²) in [6, 6.07) is 10.9. The monoisotopic (exact) mass is 340 g/mol. The number of nitrogens with zero attached hydrogens (tertiary/aromatic N) is 2. The van der Waals surface area contributed by atoms with Gasteiger partial charge in [0.15, 0.2) is 0 Å². The molecular weight excluding hydrogens is 312 g/mol. The summed E-state index contributed by atoms with van der Waals surface area (Å²) in [5.41, 5.74) is 1.59. The van der Waals surface area contributed by atoms with E-state index < -0.39 is 0 Å². The Hall–Kier alpha value is -1.65. The Labute approximate surface area is 150 Å². The first-order valence-corrected chi connectivity index (χ1v) is 9.52. The van der Waals surface area contributed by atoms with E-state index in [1.165, 1.54) is 5.56 Å². The molecule has 4 heteroatoms. The fraction of sp³-hybridized carbons (Fsp3) is 0.571. The largest absolute Gasteiger partial charge is 0.368 e. The smallest absolute Gasteiger partial charge is 0.251 e. The molecule has 3 aliphatic rings. The summed E-state index contributed by atoms with van der Waals surface area (Å²) in [5.74, 6) is 0.690. The highest BCUT2D eigenvalue weighted by molar-refractivity contribution is 5.81. The fourth-order valence-electron chi connectivity index (χ4n) is 5.03. The molecule has 3 saturated heterocycles. The van der Waals surface area contributed by atoms with Crippen LogP contribution >= 0.6 is 0 Å². The van der Waals surface area contributed by atoms with Gasteiger partial charge in [-0.15, -0.1) is 6.58 Å². The van der Waals surface area contributed by atoms with E-state index in [1.54, 1.807) is 0 Å². The van der Waals surface area contributed by atoms with E-state index >= 15 is 0 Å². The third-order valence-electron chi connectivity index (χ3n) is 6.29. The number of fused-ring (bicyclic) bond motifs is 1. The zero-order valence-corrected chi connectivity index (χ0v) is 14.9. The van der Waals surface area contributed by atoms with Gasteiger partial charge in [0.25, 0.3) is 5.91 Å². The molecule has 134 valence electrons. The number of benzene rings is 1. The van der Waals surface area contributed by atoms with Crippen LogP contribution in [0.1, 0.15) is 24.8 Å². The molecule has 3 aliphatic heterocycles. The van der Waals surface area contributed by atoms with Crippen molar-refractivity contribution in [3.8, 4) is 0 Å². The summed E-state index contributed by atoms with van der Waals surface area (Å²) < 4.78 is 5.63. The number of piperidine rings is 1. The predicted octanol–water partition coefficient (Wildman–Crippen LogP) is 2.45. The van der Waals surface area contributed by atoms with Gasteiger partial charge in [-0.2, -0.15) is 0 Å². The number of rotatable bonds is 4. The Bertz CT molecular complexity index is 626. The summed E-state index contributed by atoms with van der Waals surface area (Å²) in [6.45, 7) is 9.35. The standard InChI is InChI=1S/C21H28N2O2/c1-2-11-22-14-18-15-23(20(24)19-9-6-13-25-19)12-10-21(18,16-22)17-7-4-3-5-8-17/h2-5,7-8,18-19H,1,6,9-16H2/t18-,19-,21+/m1/s1. The summed E-state index contributed by atoms with van der Waals surface area (Å²) in [6.07, 6.45) is 4.72.